The SMILES string of the molecule is C[C@@H](Cc1ccc(-c2ccc(C(=O)Oc3cc(F)c(F)c(F)c3)c(F)c2)cc1)c1ccccc1. The van der Waals surface area contributed by atoms with Crippen molar-refractivity contribution < 1.29 is 27.1 Å². The highest BCUT2D eigenvalue weighted by molar-refractivity contribution is 5.92. The molecule has 4 aromatic rings. The number of hydrogen-bond donors (Lipinski definition) is 0. The number of ether oxygens (including phenoxy) is 1. The molecule has 0 amide bonds. The number of carbonyl (C=O) groups is 1. The first-order valence-corrected chi connectivity index (χ1v) is 10.6. The molecule has 0 aliphatic rings. The highest BCUT2D eigenvalue weighted by Gasteiger charge is 2.18. The summed E-state index contributed by atoms with van der Waals surface area (Å²) in [4.78, 5) is 12.3. The molecule has 0 aromatic heterocycles. The van der Waals surface area contributed by atoms with Crippen LogP contribution in [0.2, 0.25) is 0 Å². The predicted octanol–water partition coefficient (Wildman–Crippen LogP) is 7.48. The molecule has 0 saturated carbocycles. The standard InChI is InChI=1S/C28H20F4O2/c1-17(19-5-3-2-4-6-19)13-18-7-9-20(10-8-18)21-11-12-23(24(29)14-21)28(33)34-22-15-25(30)27(32)26(31)16-22/h2-12,14-17H,13H2,1H3/t17-/m0/s1. The third-order valence-electron chi connectivity index (χ3n) is 5.55. The fourth-order valence-electron chi connectivity index (χ4n) is 3.70. The van der Waals surface area contributed by atoms with E-state index in [9.17, 15) is 22.4 Å². The number of esters is 1. The van der Waals surface area contributed by atoms with E-state index in [1.165, 1.54) is 17.7 Å². The average Bonchev–Trinajstić information content (AvgIpc) is 2.83. The van der Waals surface area contributed by atoms with Gasteiger partial charge < -0.3 is 4.74 Å². The second kappa shape index (κ2) is 9.91. The molecule has 0 bridgehead atoms. The van der Waals surface area contributed by atoms with Crippen LogP contribution in [0.25, 0.3) is 11.1 Å². The number of rotatable bonds is 6. The zero-order valence-corrected chi connectivity index (χ0v) is 18.2. The van der Waals surface area contributed by atoms with Crippen molar-refractivity contribution in [2.75, 3.05) is 0 Å². The van der Waals surface area contributed by atoms with Crippen LogP contribution >= 0.6 is 0 Å². The summed E-state index contributed by atoms with van der Waals surface area (Å²) in [6.45, 7) is 2.16. The van der Waals surface area contributed by atoms with Gasteiger partial charge in [-0.15, -0.1) is 0 Å². The van der Waals surface area contributed by atoms with E-state index in [2.05, 4.69) is 19.1 Å². The quantitative estimate of drug-likeness (QED) is 0.128. The van der Waals surface area contributed by atoms with Gasteiger partial charge in [0.05, 0.1) is 5.56 Å². The molecule has 172 valence electrons. The Hall–Kier alpha value is -3.93. The number of benzene rings is 4. The Bertz CT molecular complexity index is 1300. The van der Waals surface area contributed by atoms with E-state index in [-0.39, 0.29) is 0 Å². The van der Waals surface area contributed by atoms with E-state index in [1.54, 1.807) is 6.07 Å². The Morgan fingerprint density at radius 1 is 0.765 bits per heavy atom. The van der Waals surface area contributed by atoms with Gasteiger partial charge in [0.15, 0.2) is 17.5 Å². The lowest BCUT2D eigenvalue weighted by molar-refractivity contribution is 0.0728. The van der Waals surface area contributed by atoms with Crippen LogP contribution in [0.1, 0.15) is 34.3 Å². The monoisotopic (exact) mass is 464 g/mol. The Morgan fingerprint density at radius 2 is 1.38 bits per heavy atom. The van der Waals surface area contributed by atoms with Crippen molar-refractivity contribution in [1.82, 2.24) is 0 Å². The molecule has 2 nitrogen and oxygen atoms in total. The maximum absolute atomic E-state index is 14.6. The van der Waals surface area contributed by atoms with Gasteiger partial charge in [-0.3, -0.25) is 0 Å². The van der Waals surface area contributed by atoms with Crippen molar-refractivity contribution in [3.05, 3.63) is 125 Å². The van der Waals surface area contributed by atoms with E-state index in [0.29, 0.717) is 23.6 Å². The van der Waals surface area contributed by atoms with Gasteiger partial charge in [0.25, 0.3) is 0 Å². The molecular weight excluding hydrogens is 444 g/mol. The van der Waals surface area contributed by atoms with E-state index < -0.39 is 40.6 Å². The van der Waals surface area contributed by atoms with Crippen LogP contribution in [0, 0.1) is 23.3 Å². The molecule has 0 N–H and O–H groups in total. The van der Waals surface area contributed by atoms with Crippen molar-refractivity contribution >= 4 is 5.97 Å². The lowest BCUT2D eigenvalue weighted by Crippen LogP contribution is -2.11. The second-order valence-corrected chi connectivity index (χ2v) is 8.00. The first kappa shape index (κ1) is 23.2. The topological polar surface area (TPSA) is 26.3 Å². The van der Waals surface area contributed by atoms with Gasteiger partial charge in [0.1, 0.15) is 11.6 Å². The first-order valence-electron chi connectivity index (χ1n) is 10.6. The lowest BCUT2D eigenvalue weighted by Gasteiger charge is -2.12. The van der Waals surface area contributed by atoms with E-state index >= 15 is 0 Å². The third-order valence-corrected chi connectivity index (χ3v) is 5.55. The number of carbonyl (C=O) groups excluding carboxylic acids is 1. The Morgan fingerprint density at radius 3 is 2.00 bits per heavy atom. The lowest BCUT2D eigenvalue weighted by atomic mass is 9.93. The summed E-state index contributed by atoms with van der Waals surface area (Å²) >= 11 is 0. The second-order valence-electron chi connectivity index (χ2n) is 8.00. The third kappa shape index (κ3) is 5.17. The molecule has 0 aliphatic carbocycles. The summed E-state index contributed by atoms with van der Waals surface area (Å²) in [5.41, 5.74) is 3.29. The molecule has 0 aliphatic heterocycles. The largest absolute Gasteiger partial charge is 0.423 e. The molecule has 6 heteroatoms. The fourth-order valence-corrected chi connectivity index (χ4v) is 3.70. The molecule has 4 aromatic carbocycles. The summed E-state index contributed by atoms with van der Waals surface area (Å²) in [5.74, 6) is -6.94. The van der Waals surface area contributed by atoms with Crippen LogP contribution in [0.4, 0.5) is 17.6 Å². The summed E-state index contributed by atoms with van der Waals surface area (Å²) in [5, 5.41) is 0. The van der Waals surface area contributed by atoms with Crippen LogP contribution in [0.3, 0.4) is 0 Å². The first-order chi connectivity index (χ1) is 16.3. The minimum absolute atomic E-state index is 0.345. The number of hydrogen-bond acceptors (Lipinski definition) is 2. The molecule has 34 heavy (non-hydrogen) atoms. The summed E-state index contributed by atoms with van der Waals surface area (Å²) in [7, 11) is 0. The van der Waals surface area contributed by atoms with E-state index in [1.807, 2.05) is 42.5 Å². The van der Waals surface area contributed by atoms with E-state index in [4.69, 9.17) is 4.74 Å². The predicted molar refractivity (Wildman–Crippen MR) is 122 cm³/mol. The van der Waals surface area contributed by atoms with Gasteiger partial charge in [-0.2, -0.15) is 0 Å². The Labute approximate surface area is 194 Å². The zero-order chi connectivity index (χ0) is 24.2. The summed E-state index contributed by atoms with van der Waals surface area (Å²) in [6, 6.07) is 22.9. The molecule has 0 fully saturated rings. The summed E-state index contributed by atoms with van der Waals surface area (Å²) < 4.78 is 59.1. The Balaban J connectivity index is 1.47. The van der Waals surface area contributed by atoms with Crippen LogP contribution in [-0.2, 0) is 6.42 Å². The fraction of sp³-hybridized carbons (Fsp3) is 0.107. The van der Waals surface area contributed by atoms with E-state index in [0.717, 1.165) is 17.5 Å². The van der Waals surface area contributed by atoms with Crippen molar-refractivity contribution in [2.45, 2.75) is 19.3 Å². The van der Waals surface area contributed by atoms with Gasteiger partial charge in [-0.05, 0) is 46.7 Å². The molecule has 0 heterocycles. The molecular formula is C28H20F4O2. The Kier molecular flexibility index (Phi) is 6.77. The number of halogens is 4. The molecule has 0 unspecified atom stereocenters. The van der Waals surface area contributed by atoms with Gasteiger partial charge in [-0.1, -0.05) is 67.6 Å². The van der Waals surface area contributed by atoms with Gasteiger partial charge in [-0.25, -0.2) is 22.4 Å². The molecule has 0 radical (unpaired) electrons. The smallest absolute Gasteiger partial charge is 0.346 e. The minimum Gasteiger partial charge on any atom is -0.423 e. The van der Waals surface area contributed by atoms with Crippen molar-refractivity contribution in [3.8, 4) is 16.9 Å². The molecule has 4 rings (SSSR count). The van der Waals surface area contributed by atoms with Crippen molar-refractivity contribution in [3.63, 3.8) is 0 Å². The minimum atomic E-state index is -1.68. The highest BCUT2D eigenvalue weighted by Crippen LogP contribution is 2.26. The normalized spacial score (nSPS) is 11.8. The van der Waals surface area contributed by atoms with Gasteiger partial charge >= 0.3 is 5.97 Å². The van der Waals surface area contributed by atoms with Crippen molar-refractivity contribution in [2.24, 2.45) is 0 Å². The van der Waals surface area contributed by atoms with Crippen LogP contribution in [0.15, 0.2) is 84.9 Å². The maximum Gasteiger partial charge on any atom is 0.346 e. The molecule has 0 saturated heterocycles. The van der Waals surface area contributed by atoms with Gasteiger partial charge in [0.2, 0.25) is 0 Å². The van der Waals surface area contributed by atoms with Crippen molar-refractivity contribution in [1.29, 1.82) is 0 Å². The molecule has 1 atom stereocenters. The zero-order valence-electron chi connectivity index (χ0n) is 18.2. The highest BCUT2D eigenvalue weighted by atomic mass is 19.2. The van der Waals surface area contributed by atoms with Gasteiger partial charge in [0, 0.05) is 12.1 Å². The average molecular weight is 464 g/mol. The van der Waals surface area contributed by atoms with Crippen LogP contribution < -0.4 is 4.74 Å². The van der Waals surface area contributed by atoms with Crippen LogP contribution in [0.5, 0.6) is 5.75 Å². The molecule has 0 spiro atoms. The maximum atomic E-state index is 14.6. The van der Waals surface area contributed by atoms with Crippen LogP contribution in [-0.4, -0.2) is 5.97 Å². The summed E-state index contributed by atoms with van der Waals surface area (Å²) in [6.07, 6.45) is 0.855.